The fourth-order valence-corrected chi connectivity index (χ4v) is 4.32. The lowest BCUT2D eigenvalue weighted by atomic mass is 9.90. The molecule has 0 aliphatic carbocycles. The van der Waals surface area contributed by atoms with E-state index < -0.39 is 47.4 Å². The average molecular weight is 456 g/mol. The number of hydroxylamine groups is 1. The molecule has 0 N–H and O–H groups in total. The summed E-state index contributed by atoms with van der Waals surface area (Å²) in [6.07, 6.45) is -5.95. The molecule has 3 atom stereocenters. The van der Waals surface area contributed by atoms with Gasteiger partial charge in [-0.25, -0.2) is 14.4 Å². The van der Waals surface area contributed by atoms with Gasteiger partial charge in [0, 0.05) is 5.56 Å². The number of alkyl halides is 3. The fraction of sp³-hybridized carbons (Fsp3) is 0.167. The van der Waals surface area contributed by atoms with Crippen LogP contribution in [-0.2, 0) is 20.6 Å². The number of anilines is 2. The number of hydrogen-bond acceptors (Lipinski definition) is 4. The first-order valence-electron chi connectivity index (χ1n) is 10.1. The molecular formula is C24H16F4N2O3. The van der Waals surface area contributed by atoms with Gasteiger partial charge in [0.25, 0.3) is 5.91 Å². The van der Waals surface area contributed by atoms with Crippen molar-refractivity contribution in [2.75, 3.05) is 9.96 Å². The van der Waals surface area contributed by atoms with E-state index in [0.717, 1.165) is 18.2 Å². The van der Waals surface area contributed by atoms with E-state index in [-0.39, 0.29) is 11.3 Å². The summed E-state index contributed by atoms with van der Waals surface area (Å²) in [6, 6.07) is 17.4. The van der Waals surface area contributed by atoms with Crippen LogP contribution in [0.25, 0.3) is 0 Å². The largest absolute Gasteiger partial charge is 0.416 e. The summed E-state index contributed by atoms with van der Waals surface area (Å²) >= 11 is 0. The second-order valence-corrected chi connectivity index (χ2v) is 7.74. The smallest absolute Gasteiger partial charge is 0.273 e. The summed E-state index contributed by atoms with van der Waals surface area (Å²) in [5.41, 5.74) is -0.557. The molecule has 0 radical (unpaired) electrons. The third kappa shape index (κ3) is 3.45. The van der Waals surface area contributed by atoms with Crippen LogP contribution >= 0.6 is 0 Å². The zero-order chi connectivity index (χ0) is 23.3. The number of hydrogen-bond donors (Lipinski definition) is 0. The first-order chi connectivity index (χ1) is 15.8. The van der Waals surface area contributed by atoms with Crippen LogP contribution in [0.15, 0.2) is 78.9 Å². The molecule has 3 aromatic rings. The molecule has 168 valence electrons. The fourth-order valence-electron chi connectivity index (χ4n) is 4.32. The summed E-state index contributed by atoms with van der Waals surface area (Å²) in [5.74, 6) is -3.30. The maximum atomic E-state index is 14.8. The third-order valence-corrected chi connectivity index (χ3v) is 5.78. The number of nitrogens with zero attached hydrogens (tertiary/aromatic N) is 2. The zero-order valence-corrected chi connectivity index (χ0v) is 16.9. The predicted octanol–water partition coefficient (Wildman–Crippen LogP) is 4.90. The molecule has 0 bridgehead atoms. The molecule has 2 saturated heterocycles. The van der Waals surface area contributed by atoms with Gasteiger partial charge < -0.3 is 0 Å². The second-order valence-electron chi connectivity index (χ2n) is 7.74. The number of fused-ring (bicyclic) bond motifs is 1. The standard InChI is InChI=1S/C24H16F4N2O3/c25-18-12-5-4-11-17(18)20-19-21(33-30(20)15-8-2-1-3-9-15)23(32)29(22(19)31)16-10-6-7-14(13-16)24(26,27)28/h1-13,19-21H/t19-,20+,21+/m0/s1. The normalized spacial score (nSPS) is 22.7. The molecule has 2 fully saturated rings. The van der Waals surface area contributed by atoms with Crippen LogP contribution in [0.3, 0.4) is 0 Å². The van der Waals surface area contributed by atoms with Gasteiger partial charge in [-0.05, 0) is 36.4 Å². The molecule has 2 amide bonds. The number of imide groups is 1. The van der Waals surface area contributed by atoms with Crippen LogP contribution in [0.1, 0.15) is 17.2 Å². The molecular weight excluding hydrogens is 440 g/mol. The van der Waals surface area contributed by atoms with E-state index in [1.807, 2.05) is 0 Å². The molecule has 33 heavy (non-hydrogen) atoms. The highest BCUT2D eigenvalue weighted by molar-refractivity contribution is 6.24. The Kier molecular flexibility index (Phi) is 4.93. The van der Waals surface area contributed by atoms with Crippen molar-refractivity contribution in [1.82, 2.24) is 0 Å². The molecule has 2 heterocycles. The van der Waals surface area contributed by atoms with Gasteiger partial charge in [0.05, 0.1) is 23.0 Å². The first kappa shape index (κ1) is 21.1. The number of halogens is 4. The predicted molar refractivity (Wildman–Crippen MR) is 110 cm³/mol. The van der Waals surface area contributed by atoms with Crippen molar-refractivity contribution in [3.05, 3.63) is 95.8 Å². The van der Waals surface area contributed by atoms with E-state index in [1.54, 1.807) is 36.4 Å². The van der Waals surface area contributed by atoms with Gasteiger partial charge in [0.2, 0.25) is 5.91 Å². The van der Waals surface area contributed by atoms with Gasteiger partial charge in [0.1, 0.15) is 11.7 Å². The summed E-state index contributed by atoms with van der Waals surface area (Å²) in [4.78, 5) is 33.2. The molecule has 9 heteroatoms. The van der Waals surface area contributed by atoms with Crippen LogP contribution in [0.2, 0.25) is 0 Å². The van der Waals surface area contributed by atoms with E-state index in [2.05, 4.69) is 0 Å². The van der Waals surface area contributed by atoms with Crippen molar-refractivity contribution in [1.29, 1.82) is 0 Å². The summed E-state index contributed by atoms with van der Waals surface area (Å²) in [7, 11) is 0. The molecule has 5 rings (SSSR count). The summed E-state index contributed by atoms with van der Waals surface area (Å²) in [5, 5.41) is 1.33. The Labute approximate surface area is 185 Å². The van der Waals surface area contributed by atoms with Crippen LogP contribution in [0.5, 0.6) is 0 Å². The number of carbonyl (C=O) groups excluding carboxylic acids is 2. The Morgan fingerprint density at radius 3 is 2.15 bits per heavy atom. The lowest BCUT2D eigenvalue weighted by Gasteiger charge is -2.29. The van der Waals surface area contributed by atoms with Crippen molar-refractivity contribution in [3.8, 4) is 0 Å². The average Bonchev–Trinajstić information content (AvgIpc) is 3.30. The highest BCUT2D eigenvalue weighted by atomic mass is 19.4. The maximum Gasteiger partial charge on any atom is 0.416 e. The number of para-hydroxylation sites is 1. The molecule has 2 aliphatic rings. The quantitative estimate of drug-likeness (QED) is 0.416. The van der Waals surface area contributed by atoms with E-state index >= 15 is 0 Å². The Morgan fingerprint density at radius 2 is 1.45 bits per heavy atom. The first-order valence-corrected chi connectivity index (χ1v) is 10.1. The number of amides is 2. The minimum atomic E-state index is -4.64. The minimum absolute atomic E-state index is 0.140. The van der Waals surface area contributed by atoms with Crippen LogP contribution < -0.4 is 9.96 Å². The van der Waals surface area contributed by atoms with Crippen molar-refractivity contribution in [3.63, 3.8) is 0 Å². The Bertz CT molecular complexity index is 1230. The van der Waals surface area contributed by atoms with Crippen LogP contribution in [0, 0.1) is 11.7 Å². The number of carbonyl (C=O) groups is 2. The monoisotopic (exact) mass is 456 g/mol. The Morgan fingerprint density at radius 1 is 0.788 bits per heavy atom. The van der Waals surface area contributed by atoms with Gasteiger partial charge in [-0.15, -0.1) is 0 Å². The van der Waals surface area contributed by atoms with Crippen LogP contribution in [-0.4, -0.2) is 17.9 Å². The van der Waals surface area contributed by atoms with Crippen molar-refractivity contribution < 1.29 is 32.0 Å². The third-order valence-electron chi connectivity index (χ3n) is 5.78. The van der Waals surface area contributed by atoms with E-state index in [1.165, 1.54) is 29.3 Å². The SMILES string of the molecule is O=C1[C@H]2[C@@H](c3ccccc3F)N(c3ccccc3)O[C@H]2C(=O)N1c1cccc(C(F)(F)F)c1. The summed E-state index contributed by atoms with van der Waals surface area (Å²) < 4.78 is 54.4. The number of benzene rings is 3. The molecule has 0 unspecified atom stereocenters. The van der Waals surface area contributed by atoms with Crippen molar-refractivity contribution in [2.24, 2.45) is 5.92 Å². The van der Waals surface area contributed by atoms with Crippen molar-refractivity contribution >= 4 is 23.2 Å². The lowest BCUT2D eigenvalue weighted by molar-refractivity contribution is -0.137. The Hall–Kier alpha value is -3.72. The maximum absolute atomic E-state index is 14.8. The van der Waals surface area contributed by atoms with Crippen molar-refractivity contribution in [2.45, 2.75) is 18.3 Å². The van der Waals surface area contributed by atoms with Gasteiger partial charge in [-0.2, -0.15) is 13.2 Å². The molecule has 0 saturated carbocycles. The van der Waals surface area contributed by atoms with Crippen LogP contribution in [0.4, 0.5) is 28.9 Å². The highest BCUT2D eigenvalue weighted by Crippen LogP contribution is 2.48. The lowest BCUT2D eigenvalue weighted by Crippen LogP contribution is -2.37. The molecule has 2 aliphatic heterocycles. The molecule has 5 nitrogen and oxygen atoms in total. The second kappa shape index (κ2) is 7.70. The van der Waals surface area contributed by atoms with Gasteiger partial charge in [-0.1, -0.05) is 42.5 Å². The highest BCUT2D eigenvalue weighted by Gasteiger charge is 2.60. The van der Waals surface area contributed by atoms with E-state index in [9.17, 15) is 27.2 Å². The number of rotatable bonds is 3. The van der Waals surface area contributed by atoms with Gasteiger partial charge in [-0.3, -0.25) is 14.4 Å². The van der Waals surface area contributed by atoms with Gasteiger partial charge in [0.15, 0.2) is 6.10 Å². The summed E-state index contributed by atoms with van der Waals surface area (Å²) in [6.45, 7) is 0. The topological polar surface area (TPSA) is 49.9 Å². The van der Waals surface area contributed by atoms with E-state index in [4.69, 9.17) is 4.84 Å². The Balaban J connectivity index is 1.59. The molecule has 3 aromatic carbocycles. The minimum Gasteiger partial charge on any atom is -0.273 e. The molecule has 0 spiro atoms. The molecule has 0 aromatic heterocycles. The van der Waals surface area contributed by atoms with E-state index in [0.29, 0.717) is 10.6 Å². The zero-order valence-electron chi connectivity index (χ0n) is 16.9. The van der Waals surface area contributed by atoms with Gasteiger partial charge >= 0.3 is 6.18 Å².